The van der Waals surface area contributed by atoms with Crippen molar-refractivity contribution in [3.63, 3.8) is 0 Å². The number of unbranched alkanes of at least 4 members (excludes halogenated alkanes) is 1. The van der Waals surface area contributed by atoms with Gasteiger partial charge in [-0.3, -0.25) is 4.79 Å². The number of hydrogen-bond acceptors (Lipinski definition) is 5. The van der Waals surface area contributed by atoms with Gasteiger partial charge in [0.2, 0.25) is 0 Å². The summed E-state index contributed by atoms with van der Waals surface area (Å²) in [6.07, 6.45) is 1.96. The van der Waals surface area contributed by atoms with Crippen molar-refractivity contribution < 1.29 is 4.74 Å². The Hall–Kier alpha value is -2.57. The lowest BCUT2D eigenvalue weighted by Crippen LogP contribution is -2.08. The van der Waals surface area contributed by atoms with E-state index in [1.807, 2.05) is 17.5 Å². The molecule has 4 rings (SSSR count). The van der Waals surface area contributed by atoms with Crippen molar-refractivity contribution in [2.24, 2.45) is 0 Å². The van der Waals surface area contributed by atoms with Crippen LogP contribution in [0.4, 0.5) is 0 Å². The second kappa shape index (κ2) is 10.4. The Balaban J connectivity index is 1.34. The molecule has 0 aliphatic carbocycles. The second-order valence-corrected chi connectivity index (χ2v) is 10.1. The molecule has 2 heterocycles. The summed E-state index contributed by atoms with van der Waals surface area (Å²) in [7, 11) is 0. The van der Waals surface area contributed by atoms with E-state index in [0.29, 0.717) is 23.1 Å². The zero-order valence-electron chi connectivity index (χ0n) is 18.7. The minimum absolute atomic E-state index is 0.0654. The van der Waals surface area contributed by atoms with Crippen LogP contribution in [0.25, 0.3) is 21.3 Å². The van der Waals surface area contributed by atoms with E-state index in [0.717, 1.165) is 40.3 Å². The summed E-state index contributed by atoms with van der Waals surface area (Å²) in [6.45, 7) is 7.12. The van der Waals surface area contributed by atoms with E-state index in [-0.39, 0.29) is 5.56 Å². The number of nitrogens with one attached hydrogen (secondary N) is 1. The number of fused-ring (bicyclic) bond motifs is 1. The SMILES string of the molecule is Cc1ccc(OCCCCSc2nc3scc(-c4ccc(C(C)C)cc4)c3c(=O)[nH]2)cc1. The molecule has 0 saturated heterocycles. The minimum atomic E-state index is -0.0654. The normalized spacial score (nSPS) is 11.4. The number of aromatic amines is 1. The highest BCUT2D eigenvalue weighted by atomic mass is 32.2. The third-order valence-corrected chi connectivity index (χ3v) is 7.21. The van der Waals surface area contributed by atoms with Gasteiger partial charge < -0.3 is 9.72 Å². The Morgan fingerprint density at radius 2 is 1.81 bits per heavy atom. The molecule has 0 saturated carbocycles. The highest BCUT2D eigenvalue weighted by Gasteiger charge is 2.13. The molecule has 2 aromatic heterocycles. The molecule has 0 aliphatic heterocycles. The summed E-state index contributed by atoms with van der Waals surface area (Å²) in [6, 6.07) is 16.6. The Labute approximate surface area is 197 Å². The Morgan fingerprint density at radius 1 is 1.06 bits per heavy atom. The molecule has 0 amide bonds. The highest BCUT2D eigenvalue weighted by Crippen LogP contribution is 2.32. The second-order valence-electron chi connectivity index (χ2n) is 8.19. The number of rotatable bonds is 9. The zero-order valence-corrected chi connectivity index (χ0v) is 20.3. The lowest BCUT2D eigenvalue weighted by molar-refractivity contribution is 0.310. The summed E-state index contributed by atoms with van der Waals surface area (Å²) in [4.78, 5) is 21.3. The van der Waals surface area contributed by atoms with Crippen molar-refractivity contribution >= 4 is 33.3 Å². The van der Waals surface area contributed by atoms with Crippen LogP contribution in [0.2, 0.25) is 0 Å². The molecule has 32 heavy (non-hydrogen) atoms. The number of ether oxygens (including phenoxy) is 1. The molecule has 0 unspecified atom stereocenters. The Morgan fingerprint density at radius 3 is 2.53 bits per heavy atom. The van der Waals surface area contributed by atoms with Gasteiger partial charge >= 0.3 is 0 Å². The molecule has 0 fully saturated rings. The predicted octanol–water partition coefficient (Wildman–Crippen LogP) is 7.03. The molecular weight excluding hydrogens is 436 g/mol. The molecule has 4 nitrogen and oxygen atoms in total. The summed E-state index contributed by atoms with van der Waals surface area (Å²) in [5.74, 6) is 2.29. The van der Waals surface area contributed by atoms with E-state index in [4.69, 9.17) is 9.72 Å². The van der Waals surface area contributed by atoms with Gasteiger partial charge in [-0.1, -0.05) is 67.6 Å². The fourth-order valence-electron chi connectivity index (χ4n) is 3.46. The monoisotopic (exact) mass is 464 g/mol. The van der Waals surface area contributed by atoms with Crippen LogP contribution in [-0.4, -0.2) is 22.3 Å². The molecule has 4 aromatic rings. The van der Waals surface area contributed by atoms with Gasteiger partial charge in [0.15, 0.2) is 5.16 Å². The van der Waals surface area contributed by atoms with Crippen molar-refractivity contribution in [1.82, 2.24) is 9.97 Å². The number of aryl methyl sites for hydroxylation is 1. The van der Waals surface area contributed by atoms with Crippen LogP contribution in [0, 0.1) is 6.92 Å². The molecule has 0 atom stereocenters. The van der Waals surface area contributed by atoms with E-state index >= 15 is 0 Å². The maximum atomic E-state index is 12.8. The molecule has 1 N–H and O–H groups in total. The molecule has 0 spiro atoms. The van der Waals surface area contributed by atoms with Crippen LogP contribution >= 0.6 is 23.1 Å². The largest absolute Gasteiger partial charge is 0.494 e. The first-order valence-electron chi connectivity index (χ1n) is 11.0. The quantitative estimate of drug-likeness (QED) is 0.164. The number of hydrogen-bond donors (Lipinski definition) is 1. The van der Waals surface area contributed by atoms with Crippen LogP contribution in [-0.2, 0) is 0 Å². The van der Waals surface area contributed by atoms with E-state index in [1.54, 1.807) is 11.8 Å². The molecule has 0 aliphatic rings. The molecule has 6 heteroatoms. The van der Waals surface area contributed by atoms with Crippen LogP contribution < -0.4 is 10.3 Å². The lowest BCUT2D eigenvalue weighted by atomic mass is 9.99. The first-order valence-corrected chi connectivity index (χ1v) is 12.8. The van der Waals surface area contributed by atoms with Gasteiger partial charge in [0.1, 0.15) is 10.6 Å². The standard InChI is InChI=1S/C26H28N2O2S2/c1-17(2)19-8-10-20(11-9-19)22-16-32-25-23(22)24(29)27-26(28-25)31-15-5-4-14-30-21-12-6-18(3)7-13-21/h6-13,16-17H,4-5,14-15H2,1-3H3,(H,27,28,29). The van der Waals surface area contributed by atoms with Gasteiger partial charge in [-0.05, 0) is 48.9 Å². The van der Waals surface area contributed by atoms with E-state index < -0.39 is 0 Å². The number of H-pyrrole nitrogens is 1. The number of nitrogens with zero attached hydrogens (tertiary/aromatic N) is 1. The summed E-state index contributed by atoms with van der Waals surface area (Å²) >= 11 is 3.12. The molecule has 0 bridgehead atoms. The maximum Gasteiger partial charge on any atom is 0.260 e. The summed E-state index contributed by atoms with van der Waals surface area (Å²) in [5.41, 5.74) is 4.47. The van der Waals surface area contributed by atoms with Gasteiger partial charge in [0.25, 0.3) is 5.56 Å². The van der Waals surface area contributed by atoms with Crippen molar-refractivity contribution in [2.45, 2.75) is 44.7 Å². The lowest BCUT2D eigenvalue weighted by Gasteiger charge is -2.07. The van der Waals surface area contributed by atoms with Crippen molar-refractivity contribution in [1.29, 1.82) is 0 Å². The molecular formula is C26H28N2O2S2. The maximum absolute atomic E-state index is 12.8. The molecule has 0 radical (unpaired) electrons. The van der Waals surface area contributed by atoms with Crippen molar-refractivity contribution in [3.8, 4) is 16.9 Å². The van der Waals surface area contributed by atoms with Crippen LogP contribution in [0.5, 0.6) is 5.75 Å². The average Bonchev–Trinajstić information content (AvgIpc) is 3.22. The highest BCUT2D eigenvalue weighted by molar-refractivity contribution is 7.99. The van der Waals surface area contributed by atoms with E-state index in [1.165, 1.54) is 22.5 Å². The summed E-state index contributed by atoms with van der Waals surface area (Å²) in [5, 5.41) is 3.40. The number of benzene rings is 2. The fraction of sp³-hybridized carbons (Fsp3) is 0.308. The predicted molar refractivity (Wildman–Crippen MR) is 136 cm³/mol. The van der Waals surface area contributed by atoms with Crippen molar-refractivity contribution in [3.05, 3.63) is 75.4 Å². The van der Waals surface area contributed by atoms with Gasteiger partial charge in [-0.2, -0.15) is 0 Å². The van der Waals surface area contributed by atoms with E-state index in [2.05, 4.69) is 62.2 Å². The zero-order chi connectivity index (χ0) is 22.5. The topological polar surface area (TPSA) is 55.0 Å². The molecule has 2 aromatic carbocycles. The van der Waals surface area contributed by atoms with Gasteiger partial charge in [0.05, 0.1) is 12.0 Å². The number of aromatic nitrogens is 2. The van der Waals surface area contributed by atoms with E-state index in [9.17, 15) is 4.79 Å². The van der Waals surface area contributed by atoms with Gasteiger partial charge in [-0.15, -0.1) is 11.3 Å². The Bertz CT molecular complexity index is 1230. The third-order valence-electron chi connectivity index (χ3n) is 5.38. The Kier molecular flexibility index (Phi) is 7.33. The van der Waals surface area contributed by atoms with Crippen LogP contribution in [0.15, 0.2) is 63.9 Å². The van der Waals surface area contributed by atoms with Crippen LogP contribution in [0.3, 0.4) is 0 Å². The number of thioether (sulfide) groups is 1. The number of thiophene rings is 1. The first kappa shape index (κ1) is 22.6. The minimum Gasteiger partial charge on any atom is -0.494 e. The van der Waals surface area contributed by atoms with Gasteiger partial charge in [0, 0.05) is 16.7 Å². The molecule has 166 valence electrons. The summed E-state index contributed by atoms with van der Waals surface area (Å²) < 4.78 is 5.77. The van der Waals surface area contributed by atoms with Crippen LogP contribution in [0.1, 0.15) is 43.7 Å². The average molecular weight is 465 g/mol. The van der Waals surface area contributed by atoms with Gasteiger partial charge in [-0.25, -0.2) is 4.98 Å². The smallest absolute Gasteiger partial charge is 0.260 e. The fourth-order valence-corrected chi connectivity index (χ4v) is 5.32. The first-order chi connectivity index (χ1) is 15.5. The van der Waals surface area contributed by atoms with Crippen molar-refractivity contribution in [2.75, 3.05) is 12.4 Å². The third kappa shape index (κ3) is 5.43.